The fraction of sp³-hybridized carbons (Fsp3) is 0.0250. The molecule has 0 radical (unpaired) electrons. The number of rotatable bonds is 5. The summed E-state index contributed by atoms with van der Waals surface area (Å²) in [5.41, 5.74) is 7.92. The predicted octanol–water partition coefficient (Wildman–Crippen LogP) is 10.2. The number of aliphatic imine (C=N–C) groups is 3. The maximum Gasteiger partial charge on any atom is 0.161 e. The number of amidine groups is 2. The number of para-hydroxylation sites is 3. The van der Waals surface area contributed by atoms with Gasteiger partial charge in [-0.05, 0) is 36.0 Å². The third-order valence-corrected chi connectivity index (χ3v) is 8.11. The van der Waals surface area contributed by atoms with Crippen molar-refractivity contribution in [2.45, 2.75) is 6.54 Å². The highest BCUT2D eigenvalue weighted by Gasteiger charge is 2.19. The topological polar surface area (TPSA) is 63.4 Å². The van der Waals surface area contributed by atoms with Gasteiger partial charge in [-0.2, -0.15) is 0 Å². The third kappa shape index (κ3) is 4.71. The van der Waals surface area contributed by atoms with Crippen LogP contribution in [0.4, 0.5) is 0 Å². The van der Waals surface area contributed by atoms with E-state index in [1.165, 1.54) is 0 Å². The zero-order valence-corrected chi connectivity index (χ0v) is 24.4. The van der Waals surface area contributed by atoms with Crippen LogP contribution in [-0.2, 0) is 6.54 Å². The van der Waals surface area contributed by atoms with Crippen LogP contribution in [0.25, 0.3) is 55.0 Å². The lowest BCUT2D eigenvalue weighted by molar-refractivity contribution is 0.668. The first-order chi connectivity index (χ1) is 22.3. The second-order valence-corrected chi connectivity index (χ2v) is 10.8. The highest BCUT2D eigenvalue weighted by molar-refractivity contribution is 6.24. The molecule has 5 heteroatoms. The van der Waals surface area contributed by atoms with E-state index in [-0.39, 0.29) is 0 Å². The summed E-state index contributed by atoms with van der Waals surface area (Å²) in [6, 6.07) is 46.7. The van der Waals surface area contributed by atoms with Crippen LogP contribution in [0, 0.1) is 0 Å². The van der Waals surface area contributed by atoms with Gasteiger partial charge in [0.15, 0.2) is 11.7 Å². The van der Waals surface area contributed by atoms with Crippen molar-refractivity contribution >= 4 is 62.3 Å². The summed E-state index contributed by atoms with van der Waals surface area (Å²) in [5, 5.41) is 3.98. The van der Waals surface area contributed by atoms with Gasteiger partial charge in [0.05, 0.1) is 12.1 Å². The molecule has 0 aliphatic rings. The molecule has 6 aromatic carbocycles. The zero-order valence-electron chi connectivity index (χ0n) is 24.4. The molecule has 8 rings (SSSR count). The van der Waals surface area contributed by atoms with Crippen molar-refractivity contribution in [3.63, 3.8) is 0 Å². The molecule has 0 unspecified atom stereocenters. The average Bonchev–Trinajstić information content (AvgIpc) is 3.68. The lowest BCUT2D eigenvalue weighted by Gasteiger charge is -2.08. The van der Waals surface area contributed by atoms with Crippen molar-refractivity contribution in [2.24, 2.45) is 15.0 Å². The Balaban J connectivity index is 1.34. The summed E-state index contributed by atoms with van der Waals surface area (Å²) in [5.74, 6) is 0.967. The summed E-state index contributed by atoms with van der Waals surface area (Å²) in [6.45, 7) is 4.39. The molecule has 214 valence electrons. The van der Waals surface area contributed by atoms with E-state index in [0.717, 1.165) is 71.7 Å². The van der Waals surface area contributed by atoms with Gasteiger partial charge in [-0.15, -0.1) is 0 Å². The van der Waals surface area contributed by atoms with Crippen LogP contribution >= 0.6 is 0 Å². The molecule has 0 amide bonds. The molecule has 5 nitrogen and oxygen atoms in total. The van der Waals surface area contributed by atoms with Crippen LogP contribution < -0.4 is 0 Å². The second kappa shape index (κ2) is 11.2. The Morgan fingerprint density at radius 3 is 2.02 bits per heavy atom. The van der Waals surface area contributed by atoms with Gasteiger partial charge in [-0.1, -0.05) is 121 Å². The van der Waals surface area contributed by atoms with Crippen LogP contribution in [0.1, 0.15) is 16.7 Å². The van der Waals surface area contributed by atoms with Crippen LogP contribution in [0.5, 0.6) is 0 Å². The Labute approximate surface area is 259 Å². The van der Waals surface area contributed by atoms with Crippen LogP contribution in [0.2, 0.25) is 0 Å². The van der Waals surface area contributed by atoms with E-state index in [1.54, 1.807) is 0 Å². The van der Waals surface area contributed by atoms with E-state index in [9.17, 15) is 0 Å². The molecule has 0 bridgehead atoms. The summed E-state index contributed by atoms with van der Waals surface area (Å²) < 4.78 is 12.9. The normalized spacial score (nSPS) is 12.4. The van der Waals surface area contributed by atoms with E-state index < -0.39 is 0 Å². The fourth-order valence-electron chi connectivity index (χ4n) is 6.01. The fourth-order valence-corrected chi connectivity index (χ4v) is 6.01. The van der Waals surface area contributed by atoms with Crippen molar-refractivity contribution < 1.29 is 8.83 Å². The molecule has 0 aliphatic carbocycles. The first-order valence-corrected chi connectivity index (χ1v) is 14.8. The molecule has 45 heavy (non-hydrogen) atoms. The Morgan fingerprint density at radius 2 is 1.18 bits per heavy atom. The quantitative estimate of drug-likeness (QED) is 0.150. The average molecular weight is 582 g/mol. The third-order valence-electron chi connectivity index (χ3n) is 8.11. The minimum absolute atomic E-state index is 0.444. The van der Waals surface area contributed by atoms with Crippen molar-refractivity contribution in [3.8, 4) is 11.1 Å². The highest BCUT2D eigenvalue weighted by Crippen LogP contribution is 2.38. The smallest absolute Gasteiger partial charge is 0.161 e. The molecule has 0 saturated heterocycles. The zero-order chi connectivity index (χ0) is 30.2. The maximum atomic E-state index is 6.50. The van der Waals surface area contributed by atoms with Crippen LogP contribution in [0.3, 0.4) is 0 Å². The summed E-state index contributed by atoms with van der Waals surface area (Å²) in [7, 11) is 0. The first kappa shape index (κ1) is 26.5. The van der Waals surface area contributed by atoms with Crippen molar-refractivity contribution in [2.75, 3.05) is 0 Å². The summed E-state index contributed by atoms with van der Waals surface area (Å²) in [4.78, 5) is 14.6. The lowest BCUT2D eigenvalue weighted by Crippen LogP contribution is -2.06. The molecule has 0 aliphatic heterocycles. The van der Waals surface area contributed by atoms with Gasteiger partial charge in [0.1, 0.15) is 22.3 Å². The number of hydrogen-bond acceptors (Lipinski definition) is 3. The predicted molar refractivity (Wildman–Crippen MR) is 186 cm³/mol. The monoisotopic (exact) mass is 581 g/mol. The van der Waals surface area contributed by atoms with Gasteiger partial charge < -0.3 is 8.83 Å². The molecular weight excluding hydrogens is 554 g/mol. The van der Waals surface area contributed by atoms with Gasteiger partial charge in [-0.3, -0.25) is 4.99 Å². The van der Waals surface area contributed by atoms with E-state index in [2.05, 4.69) is 66.3 Å². The number of furan rings is 2. The number of benzene rings is 6. The molecule has 0 spiro atoms. The Hall–Kier alpha value is -6.07. The van der Waals surface area contributed by atoms with E-state index in [4.69, 9.17) is 18.8 Å². The molecule has 0 fully saturated rings. The molecule has 8 aromatic rings. The second-order valence-electron chi connectivity index (χ2n) is 10.8. The van der Waals surface area contributed by atoms with Gasteiger partial charge in [-0.25, -0.2) is 9.98 Å². The van der Waals surface area contributed by atoms with Crippen LogP contribution in [-0.4, -0.2) is 18.4 Å². The lowest BCUT2D eigenvalue weighted by atomic mass is 10.0. The van der Waals surface area contributed by atoms with E-state index in [1.807, 2.05) is 84.9 Å². The summed E-state index contributed by atoms with van der Waals surface area (Å²) in [6.07, 6.45) is 0. The standard InChI is InChI=1S/C40H27N3O2/c1-41-39(32-21-12-24-35-36(32)31-20-10-18-28(37(31)45-35)27-15-6-3-7-16-27)43-40(42-25-26-13-4-2-5-14-26)33-22-11-19-30-29-17-8-9-23-34(29)44-38(30)33/h2-24H,1,25H2. The van der Waals surface area contributed by atoms with Crippen LogP contribution in [0.15, 0.2) is 163 Å². The number of nitrogens with zero attached hydrogens (tertiary/aromatic N) is 3. The number of fused-ring (bicyclic) bond motifs is 6. The maximum absolute atomic E-state index is 6.50. The van der Waals surface area contributed by atoms with Gasteiger partial charge >= 0.3 is 0 Å². The largest absolute Gasteiger partial charge is 0.455 e. The minimum Gasteiger partial charge on any atom is -0.455 e. The highest BCUT2D eigenvalue weighted by atomic mass is 16.3. The summed E-state index contributed by atoms with van der Waals surface area (Å²) >= 11 is 0. The molecule has 0 saturated carbocycles. The molecular formula is C40H27N3O2. The van der Waals surface area contributed by atoms with Gasteiger partial charge in [0.2, 0.25) is 0 Å². The molecule has 0 N–H and O–H groups in total. The molecule has 0 atom stereocenters. The SMILES string of the molecule is C=NC(=NC(=NCc1ccccc1)c1cccc2c1oc1ccccc12)c1cccc2oc3c(-c4ccccc4)cccc3c12. The van der Waals surface area contributed by atoms with E-state index in [0.29, 0.717) is 18.2 Å². The van der Waals surface area contributed by atoms with Crippen molar-refractivity contribution in [3.05, 3.63) is 156 Å². The molecule has 2 aromatic heterocycles. The van der Waals surface area contributed by atoms with Gasteiger partial charge in [0.25, 0.3) is 0 Å². The first-order valence-electron chi connectivity index (χ1n) is 14.8. The van der Waals surface area contributed by atoms with Gasteiger partial charge in [0, 0.05) is 32.7 Å². The van der Waals surface area contributed by atoms with E-state index >= 15 is 0 Å². The Kier molecular flexibility index (Phi) is 6.61. The minimum atomic E-state index is 0.444. The Morgan fingerprint density at radius 1 is 0.533 bits per heavy atom. The van der Waals surface area contributed by atoms with Crippen molar-refractivity contribution in [1.82, 2.24) is 0 Å². The number of hydrogen-bond donors (Lipinski definition) is 0. The molecule has 2 heterocycles. The Bertz CT molecular complexity index is 2420. The van der Waals surface area contributed by atoms with Crippen molar-refractivity contribution in [1.29, 1.82) is 0 Å².